The number of carbonyl (C=O) groups excluding carboxylic acids is 1. The van der Waals surface area contributed by atoms with Gasteiger partial charge in [0.1, 0.15) is 21.5 Å². The molecule has 2 aromatic heterocycles. The van der Waals surface area contributed by atoms with E-state index in [-0.39, 0.29) is 5.91 Å². The molecule has 1 fully saturated rings. The lowest BCUT2D eigenvalue weighted by Crippen LogP contribution is -2.44. The Hall–Kier alpha value is -2.97. The molecule has 0 spiro atoms. The summed E-state index contributed by atoms with van der Waals surface area (Å²) in [4.78, 5) is 27.4. The number of aromatic nitrogens is 2. The zero-order chi connectivity index (χ0) is 22.5. The first kappa shape index (κ1) is 22.2. The molecule has 1 amide bonds. The number of hydrogen-bond acceptors (Lipinski definition) is 7. The van der Waals surface area contributed by atoms with E-state index < -0.39 is 0 Å². The van der Waals surface area contributed by atoms with Gasteiger partial charge in [0.25, 0.3) is 5.91 Å². The van der Waals surface area contributed by atoms with Gasteiger partial charge >= 0.3 is 0 Å². The molecule has 0 bridgehead atoms. The summed E-state index contributed by atoms with van der Waals surface area (Å²) in [6.07, 6.45) is 2.44. The zero-order valence-corrected chi connectivity index (χ0v) is 19.6. The van der Waals surface area contributed by atoms with Crippen LogP contribution in [0.25, 0.3) is 10.6 Å². The highest BCUT2D eigenvalue weighted by atomic mass is 32.1. The fourth-order valence-corrected chi connectivity index (χ4v) is 4.73. The van der Waals surface area contributed by atoms with Gasteiger partial charge in [-0.05, 0) is 50.7 Å². The maximum atomic E-state index is 13.1. The minimum Gasteiger partial charge on any atom is -0.494 e. The third-order valence-electron chi connectivity index (χ3n) is 5.50. The van der Waals surface area contributed by atoms with Crippen molar-refractivity contribution < 1.29 is 9.53 Å². The molecule has 4 rings (SSSR count). The third-order valence-corrected chi connectivity index (χ3v) is 6.65. The number of benzene rings is 1. The highest BCUT2D eigenvalue weighted by molar-refractivity contribution is 7.17. The van der Waals surface area contributed by atoms with Crippen LogP contribution in [0, 0.1) is 0 Å². The van der Waals surface area contributed by atoms with Crippen molar-refractivity contribution in [2.75, 3.05) is 50.1 Å². The van der Waals surface area contributed by atoms with Crippen LogP contribution < -0.4 is 15.0 Å². The Bertz CT molecular complexity index is 1060. The van der Waals surface area contributed by atoms with Crippen LogP contribution in [0.3, 0.4) is 0 Å². The van der Waals surface area contributed by atoms with E-state index in [1.54, 1.807) is 6.20 Å². The molecule has 0 saturated carbocycles. The summed E-state index contributed by atoms with van der Waals surface area (Å²) in [6.45, 7) is 8.59. The van der Waals surface area contributed by atoms with Crippen molar-refractivity contribution in [3.63, 3.8) is 0 Å². The SMILES string of the molecule is CCOc1ccc(-c2nc(CC)c(C(=O)Nc3cc(N4CCN(C)CC4)ccn3)s2)cc1. The number of nitrogens with one attached hydrogen (secondary N) is 1. The van der Waals surface area contributed by atoms with E-state index in [0.717, 1.165) is 53.9 Å². The minimum absolute atomic E-state index is 0.167. The fraction of sp³-hybridized carbons (Fsp3) is 0.375. The minimum atomic E-state index is -0.167. The summed E-state index contributed by atoms with van der Waals surface area (Å²) in [7, 11) is 2.14. The largest absolute Gasteiger partial charge is 0.494 e. The van der Waals surface area contributed by atoms with Crippen LogP contribution in [0.15, 0.2) is 42.6 Å². The molecule has 1 aliphatic rings. The van der Waals surface area contributed by atoms with Crippen molar-refractivity contribution in [1.29, 1.82) is 0 Å². The molecule has 0 atom stereocenters. The number of likely N-dealkylation sites (N-methyl/N-ethyl adjacent to an activating group) is 1. The number of amides is 1. The first-order valence-electron chi connectivity index (χ1n) is 11.0. The van der Waals surface area contributed by atoms with Gasteiger partial charge < -0.3 is 19.9 Å². The summed E-state index contributed by atoms with van der Waals surface area (Å²) in [5.74, 6) is 1.22. The number of piperazine rings is 1. The molecular weight excluding hydrogens is 422 g/mol. The number of carbonyl (C=O) groups is 1. The van der Waals surface area contributed by atoms with Gasteiger partial charge in [0.05, 0.1) is 12.3 Å². The molecule has 1 aromatic carbocycles. The first-order chi connectivity index (χ1) is 15.6. The lowest BCUT2D eigenvalue weighted by atomic mass is 10.2. The number of pyridine rings is 1. The smallest absolute Gasteiger partial charge is 0.268 e. The summed E-state index contributed by atoms with van der Waals surface area (Å²) in [5.41, 5.74) is 2.85. The predicted octanol–water partition coefficient (Wildman–Crippen LogP) is 4.17. The Morgan fingerprint density at radius 2 is 1.88 bits per heavy atom. The molecule has 0 aliphatic carbocycles. The van der Waals surface area contributed by atoms with Crippen molar-refractivity contribution >= 4 is 28.7 Å². The number of rotatable bonds is 7. The first-order valence-corrected chi connectivity index (χ1v) is 11.8. The second-order valence-corrected chi connectivity index (χ2v) is 8.75. The van der Waals surface area contributed by atoms with Crippen LogP contribution in [0.5, 0.6) is 5.75 Å². The average molecular weight is 452 g/mol. The van der Waals surface area contributed by atoms with Crippen molar-refractivity contribution in [2.24, 2.45) is 0 Å². The summed E-state index contributed by atoms with van der Waals surface area (Å²) in [6, 6.07) is 11.8. The van der Waals surface area contributed by atoms with E-state index in [2.05, 4.69) is 27.1 Å². The number of aryl methyl sites for hydroxylation is 1. The normalized spacial score (nSPS) is 14.4. The molecule has 8 heteroatoms. The quantitative estimate of drug-likeness (QED) is 0.581. The Kier molecular flexibility index (Phi) is 7.02. The Labute approximate surface area is 193 Å². The number of ether oxygens (including phenoxy) is 1. The lowest BCUT2D eigenvalue weighted by molar-refractivity contribution is 0.102. The maximum Gasteiger partial charge on any atom is 0.268 e. The lowest BCUT2D eigenvalue weighted by Gasteiger charge is -2.34. The van der Waals surface area contributed by atoms with Crippen LogP contribution in [0.1, 0.15) is 29.2 Å². The van der Waals surface area contributed by atoms with Crippen LogP contribution in [-0.4, -0.2) is 60.6 Å². The Morgan fingerprint density at radius 3 is 2.56 bits per heavy atom. The summed E-state index contributed by atoms with van der Waals surface area (Å²) >= 11 is 1.41. The molecule has 1 N–H and O–H groups in total. The zero-order valence-electron chi connectivity index (χ0n) is 18.8. The highest BCUT2D eigenvalue weighted by Crippen LogP contribution is 2.30. The van der Waals surface area contributed by atoms with E-state index in [1.807, 2.05) is 50.2 Å². The van der Waals surface area contributed by atoms with Gasteiger partial charge in [0.15, 0.2) is 0 Å². The Morgan fingerprint density at radius 1 is 1.12 bits per heavy atom. The van der Waals surface area contributed by atoms with Crippen molar-refractivity contribution in [3.05, 3.63) is 53.2 Å². The molecule has 1 aliphatic heterocycles. The van der Waals surface area contributed by atoms with Crippen LogP contribution in [0.2, 0.25) is 0 Å². The molecule has 168 valence electrons. The topological polar surface area (TPSA) is 70.6 Å². The molecule has 1 saturated heterocycles. The van der Waals surface area contributed by atoms with Gasteiger partial charge in [-0.1, -0.05) is 6.92 Å². The van der Waals surface area contributed by atoms with Gasteiger partial charge in [0, 0.05) is 49.7 Å². The predicted molar refractivity (Wildman–Crippen MR) is 130 cm³/mol. The number of anilines is 2. The van der Waals surface area contributed by atoms with E-state index in [9.17, 15) is 4.79 Å². The summed E-state index contributed by atoms with van der Waals surface area (Å²) < 4.78 is 5.52. The highest BCUT2D eigenvalue weighted by Gasteiger charge is 2.20. The maximum absolute atomic E-state index is 13.1. The van der Waals surface area contributed by atoms with E-state index >= 15 is 0 Å². The fourth-order valence-electron chi connectivity index (χ4n) is 3.67. The third kappa shape index (κ3) is 5.08. The van der Waals surface area contributed by atoms with Gasteiger partial charge in [-0.25, -0.2) is 9.97 Å². The average Bonchev–Trinajstić information content (AvgIpc) is 3.25. The monoisotopic (exact) mass is 451 g/mol. The number of nitrogens with zero attached hydrogens (tertiary/aromatic N) is 4. The van der Waals surface area contributed by atoms with E-state index in [4.69, 9.17) is 9.72 Å². The standard InChI is InChI=1S/C24H29N5O2S/c1-4-20-22(32-24(26-20)17-6-8-19(9-7-17)31-5-2)23(30)27-21-16-18(10-11-25-21)29-14-12-28(3)13-15-29/h6-11,16H,4-5,12-15H2,1-3H3,(H,25,27,30). The van der Waals surface area contributed by atoms with Gasteiger partial charge in [-0.3, -0.25) is 4.79 Å². The van der Waals surface area contributed by atoms with Crippen molar-refractivity contribution in [2.45, 2.75) is 20.3 Å². The molecule has 0 radical (unpaired) electrons. The molecule has 0 unspecified atom stereocenters. The second-order valence-electron chi connectivity index (χ2n) is 7.75. The van der Waals surface area contributed by atoms with Gasteiger partial charge in [0.2, 0.25) is 0 Å². The van der Waals surface area contributed by atoms with Crippen LogP contribution >= 0.6 is 11.3 Å². The number of hydrogen-bond donors (Lipinski definition) is 1. The molecule has 3 aromatic rings. The summed E-state index contributed by atoms with van der Waals surface area (Å²) in [5, 5.41) is 3.80. The second kappa shape index (κ2) is 10.1. The van der Waals surface area contributed by atoms with Crippen molar-refractivity contribution in [3.8, 4) is 16.3 Å². The van der Waals surface area contributed by atoms with Crippen LogP contribution in [-0.2, 0) is 6.42 Å². The molecular formula is C24H29N5O2S. The van der Waals surface area contributed by atoms with Gasteiger partial charge in [-0.15, -0.1) is 11.3 Å². The molecule has 3 heterocycles. The molecule has 32 heavy (non-hydrogen) atoms. The van der Waals surface area contributed by atoms with E-state index in [0.29, 0.717) is 23.7 Å². The number of thiazole rings is 1. The van der Waals surface area contributed by atoms with Crippen molar-refractivity contribution in [1.82, 2.24) is 14.9 Å². The van der Waals surface area contributed by atoms with E-state index in [1.165, 1.54) is 11.3 Å². The Balaban J connectivity index is 1.50. The van der Waals surface area contributed by atoms with Crippen LogP contribution in [0.4, 0.5) is 11.5 Å². The molecule has 7 nitrogen and oxygen atoms in total. The van der Waals surface area contributed by atoms with Gasteiger partial charge in [-0.2, -0.15) is 0 Å².